The van der Waals surface area contributed by atoms with E-state index in [-0.39, 0.29) is 29.0 Å². The molecule has 10 nitrogen and oxygen atoms in total. The summed E-state index contributed by atoms with van der Waals surface area (Å²) in [5.74, 6) is -1.27. The summed E-state index contributed by atoms with van der Waals surface area (Å²) in [6, 6.07) is -0.263. The first kappa shape index (κ1) is 25.9. The molecule has 36 heavy (non-hydrogen) atoms. The quantitative estimate of drug-likeness (QED) is 0.523. The molecular weight excluding hydrogens is 462 g/mol. The van der Waals surface area contributed by atoms with Crippen LogP contribution < -0.4 is 10.9 Å². The summed E-state index contributed by atoms with van der Waals surface area (Å²) in [6.07, 6.45) is 6.25. The van der Waals surface area contributed by atoms with Crippen LogP contribution in [-0.4, -0.2) is 65.3 Å². The number of aliphatic hydroxyl groups is 1. The Hall–Kier alpha value is -3.14. The van der Waals surface area contributed by atoms with Gasteiger partial charge in [-0.2, -0.15) is 9.61 Å². The minimum Gasteiger partial charge on any atom is -0.494 e. The number of aromatic nitrogens is 3. The first-order chi connectivity index (χ1) is 16.7. The van der Waals surface area contributed by atoms with E-state index in [0.717, 1.165) is 30.2 Å². The van der Waals surface area contributed by atoms with Gasteiger partial charge in [0.1, 0.15) is 5.65 Å². The number of nitrogens with zero attached hydrogens (tertiary/aromatic N) is 4. The van der Waals surface area contributed by atoms with Gasteiger partial charge in [-0.25, -0.2) is 0 Å². The molecule has 196 valence electrons. The highest BCUT2D eigenvalue weighted by Gasteiger charge is 2.38. The van der Waals surface area contributed by atoms with E-state index >= 15 is 0 Å². The van der Waals surface area contributed by atoms with Crippen molar-refractivity contribution in [2.45, 2.75) is 91.5 Å². The SMILES string of the molecule is Cc1nn2c(=O)c(C(=O)NC3CC3)c(O)n(CC(C)(C)C)c2c1/C=C/C(=O)N1CCC[C@@H]1C(C)(C)O. The molecule has 1 aliphatic carbocycles. The molecule has 10 heteroatoms. The minimum absolute atomic E-state index is 0.0187. The molecule has 3 N–H and O–H groups in total. The maximum Gasteiger partial charge on any atom is 0.291 e. The largest absolute Gasteiger partial charge is 0.494 e. The first-order valence-electron chi connectivity index (χ1n) is 12.6. The number of hydrogen-bond acceptors (Lipinski definition) is 6. The second-order valence-electron chi connectivity index (χ2n) is 11.8. The van der Waals surface area contributed by atoms with Crippen LogP contribution in [0.25, 0.3) is 11.7 Å². The van der Waals surface area contributed by atoms with Gasteiger partial charge in [-0.05, 0) is 57.9 Å². The smallest absolute Gasteiger partial charge is 0.291 e. The Morgan fingerprint density at radius 2 is 1.83 bits per heavy atom. The Balaban J connectivity index is 1.81. The topological polar surface area (TPSA) is 129 Å². The zero-order valence-corrected chi connectivity index (χ0v) is 22.0. The van der Waals surface area contributed by atoms with Crippen molar-refractivity contribution in [3.8, 4) is 5.88 Å². The number of rotatable bonds is 6. The van der Waals surface area contributed by atoms with Crippen molar-refractivity contribution in [3.05, 3.63) is 33.3 Å². The summed E-state index contributed by atoms with van der Waals surface area (Å²) >= 11 is 0. The van der Waals surface area contributed by atoms with Crippen LogP contribution in [0.5, 0.6) is 5.88 Å². The molecule has 1 atom stereocenters. The van der Waals surface area contributed by atoms with Crippen LogP contribution in [0.15, 0.2) is 10.9 Å². The first-order valence-corrected chi connectivity index (χ1v) is 12.6. The van der Waals surface area contributed by atoms with Crippen molar-refractivity contribution in [1.29, 1.82) is 0 Å². The van der Waals surface area contributed by atoms with Gasteiger partial charge in [0.15, 0.2) is 5.56 Å². The number of aryl methyl sites for hydroxylation is 1. The van der Waals surface area contributed by atoms with Crippen LogP contribution >= 0.6 is 0 Å². The molecule has 0 aromatic carbocycles. The molecule has 2 fully saturated rings. The molecular formula is C26H37N5O5. The van der Waals surface area contributed by atoms with Crippen LogP contribution in [0, 0.1) is 12.3 Å². The Bertz CT molecular complexity index is 1290. The van der Waals surface area contributed by atoms with E-state index in [9.17, 15) is 24.6 Å². The average molecular weight is 500 g/mol. The van der Waals surface area contributed by atoms with Crippen molar-refractivity contribution >= 4 is 23.5 Å². The van der Waals surface area contributed by atoms with E-state index in [4.69, 9.17) is 0 Å². The summed E-state index contributed by atoms with van der Waals surface area (Å²) in [5, 5.41) is 28.8. The van der Waals surface area contributed by atoms with Crippen LogP contribution in [0.2, 0.25) is 0 Å². The summed E-state index contributed by atoms with van der Waals surface area (Å²) in [7, 11) is 0. The fourth-order valence-electron chi connectivity index (χ4n) is 4.88. The van der Waals surface area contributed by atoms with Gasteiger partial charge in [0, 0.05) is 30.8 Å². The average Bonchev–Trinajstić information content (AvgIpc) is 3.29. The molecule has 0 radical (unpaired) electrons. The lowest BCUT2D eigenvalue weighted by atomic mass is 9.96. The normalized spacial score (nSPS) is 19.0. The lowest BCUT2D eigenvalue weighted by molar-refractivity contribution is -0.131. The molecule has 0 spiro atoms. The molecule has 1 saturated heterocycles. The number of carbonyl (C=O) groups excluding carboxylic acids is 2. The number of hydrogen-bond donors (Lipinski definition) is 3. The second kappa shape index (κ2) is 9.06. The number of carbonyl (C=O) groups is 2. The summed E-state index contributed by atoms with van der Waals surface area (Å²) in [5.41, 5.74) is -1.05. The highest BCUT2D eigenvalue weighted by atomic mass is 16.3. The molecule has 2 aromatic heterocycles. The third kappa shape index (κ3) is 5.04. The van der Waals surface area contributed by atoms with Gasteiger partial charge < -0.3 is 20.4 Å². The fraction of sp³-hybridized carbons (Fsp3) is 0.615. The van der Waals surface area contributed by atoms with E-state index in [1.807, 2.05) is 20.8 Å². The number of fused-ring (bicyclic) bond motifs is 1. The van der Waals surface area contributed by atoms with Gasteiger partial charge in [0.05, 0.1) is 17.3 Å². The van der Waals surface area contributed by atoms with Crippen LogP contribution in [0.1, 0.15) is 81.9 Å². The number of amides is 2. The van der Waals surface area contributed by atoms with Crippen LogP contribution in [0.4, 0.5) is 0 Å². The Morgan fingerprint density at radius 1 is 1.17 bits per heavy atom. The van der Waals surface area contributed by atoms with Gasteiger partial charge in [-0.3, -0.25) is 19.0 Å². The van der Waals surface area contributed by atoms with Crippen LogP contribution in [0.3, 0.4) is 0 Å². The van der Waals surface area contributed by atoms with Gasteiger partial charge in [0.25, 0.3) is 11.5 Å². The third-order valence-electron chi connectivity index (χ3n) is 6.74. The molecule has 2 aromatic rings. The van der Waals surface area contributed by atoms with E-state index in [0.29, 0.717) is 30.0 Å². The fourth-order valence-corrected chi connectivity index (χ4v) is 4.88. The minimum atomic E-state index is -1.02. The lowest BCUT2D eigenvalue weighted by Crippen LogP contribution is -2.47. The molecule has 4 rings (SSSR count). The molecule has 1 saturated carbocycles. The van der Waals surface area contributed by atoms with Crippen molar-refractivity contribution in [2.24, 2.45) is 5.41 Å². The van der Waals surface area contributed by atoms with Gasteiger partial charge in [-0.15, -0.1) is 0 Å². The third-order valence-corrected chi connectivity index (χ3v) is 6.74. The van der Waals surface area contributed by atoms with Crippen LogP contribution in [-0.2, 0) is 11.3 Å². The van der Waals surface area contributed by atoms with Crippen molar-refractivity contribution < 1.29 is 19.8 Å². The van der Waals surface area contributed by atoms with E-state index < -0.39 is 22.9 Å². The maximum absolute atomic E-state index is 13.3. The highest BCUT2D eigenvalue weighted by molar-refractivity contribution is 5.97. The Morgan fingerprint density at radius 3 is 2.42 bits per heavy atom. The van der Waals surface area contributed by atoms with Gasteiger partial charge in [-0.1, -0.05) is 20.8 Å². The molecule has 2 aliphatic rings. The number of nitrogens with one attached hydrogen (secondary N) is 1. The maximum atomic E-state index is 13.3. The van der Waals surface area contributed by atoms with E-state index in [2.05, 4.69) is 10.4 Å². The zero-order valence-electron chi connectivity index (χ0n) is 22.0. The van der Waals surface area contributed by atoms with E-state index in [1.165, 1.54) is 10.6 Å². The molecule has 0 unspecified atom stereocenters. The summed E-state index contributed by atoms with van der Waals surface area (Å²) in [4.78, 5) is 40.9. The predicted octanol–water partition coefficient (Wildman–Crippen LogP) is 2.22. The standard InChI is InChI=1S/C26H37N5O5/c1-15-17(11-12-19(32)29-13-7-8-18(29)26(5,6)36)22-30(14-25(2,3)4)23(34)20(24(35)31(22)28-15)21(33)27-16-9-10-16/h11-12,16,18,34,36H,7-10,13-14H2,1-6H3,(H,27,33)/b12-11+/t18-/m1/s1. The highest BCUT2D eigenvalue weighted by Crippen LogP contribution is 2.30. The Kier molecular flexibility index (Phi) is 6.53. The van der Waals surface area contributed by atoms with Crippen molar-refractivity contribution in [2.75, 3.05) is 6.54 Å². The summed E-state index contributed by atoms with van der Waals surface area (Å²) in [6.45, 7) is 11.9. The lowest BCUT2D eigenvalue weighted by Gasteiger charge is -2.33. The summed E-state index contributed by atoms with van der Waals surface area (Å²) < 4.78 is 2.67. The molecule has 2 amide bonds. The second-order valence-corrected chi connectivity index (χ2v) is 11.8. The molecule has 1 aliphatic heterocycles. The predicted molar refractivity (Wildman–Crippen MR) is 136 cm³/mol. The zero-order chi connectivity index (χ0) is 26.6. The van der Waals surface area contributed by atoms with E-state index in [1.54, 1.807) is 31.7 Å². The van der Waals surface area contributed by atoms with Crippen molar-refractivity contribution in [3.63, 3.8) is 0 Å². The van der Waals surface area contributed by atoms with Gasteiger partial charge in [0.2, 0.25) is 11.8 Å². The number of likely N-dealkylation sites (tertiary alicyclic amines) is 1. The van der Waals surface area contributed by atoms with Gasteiger partial charge >= 0.3 is 0 Å². The van der Waals surface area contributed by atoms with Crippen molar-refractivity contribution in [1.82, 2.24) is 24.4 Å². The molecule has 0 bridgehead atoms. The molecule has 3 heterocycles. The number of aromatic hydroxyl groups is 1. The Labute approximate surface area is 210 Å². The monoisotopic (exact) mass is 499 g/mol.